The average Bonchev–Trinajstić information content (AvgIpc) is 3.25. The standard InChI is InChI=1S/C19H22F2N4O7/c1-9(27)22-13-14(25-7-11(23-24-25)10-5-3-2-4-6-10)17(20)19(21,18(30)31)32-16(13)15(29)12(28)8-26/h2-7,12-17,26,28-29H,8H2,1H3,(H,22,27)(H,30,31)/t12-,13-,14-,15-,16-,17?,19?/m1/s1. The minimum absolute atomic E-state index is 0.248. The first-order chi connectivity index (χ1) is 15.1. The van der Waals surface area contributed by atoms with Gasteiger partial charge in [-0.3, -0.25) is 4.79 Å². The molecular formula is C19H22F2N4O7. The van der Waals surface area contributed by atoms with Crippen LogP contribution in [-0.4, -0.2) is 90.3 Å². The fourth-order valence-corrected chi connectivity index (χ4v) is 3.57. The molecule has 1 fully saturated rings. The van der Waals surface area contributed by atoms with Crippen molar-refractivity contribution in [2.24, 2.45) is 0 Å². The van der Waals surface area contributed by atoms with Crippen LogP contribution in [0.4, 0.5) is 8.78 Å². The molecule has 7 atom stereocenters. The molecule has 0 radical (unpaired) electrons. The lowest BCUT2D eigenvalue weighted by Gasteiger charge is -2.46. The fraction of sp³-hybridized carbons (Fsp3) is 0.474. The van der Waals surface area contributed by atoms with Gasteiger partial charge in [0.1, 0.15) is 30.0 Å². The normalized spacial score (nSPS) is 29.8. The third kappa shape index (κ3) is 4.32. The number of aliphatic hydroxyl groups excluding tert-OH is 3. The minimum atomic E-state index is -3.96. The van der Waals surface area contributed by atoms with Gasteiger partial charge < -0.3 is 30.5 Å². The van der Waals surface area contributed by atoms with E-state index in [0.29, 0.717) is 5.56 Å². The second-order valence-electron chi connectivity index (χ2n) is 7.34. The molecule has 1 amide bonds. The van der Waals surface area contributed by atoms with Crippen LogP contribution in [0.2, 0.25) is 0 Å². The third-order valence-electron chi connectivity index (χ3n) is 5.15. The Balaban J connectivity index is 2.11. The molecule has 1 aliphatic rings. The van der Waals surface area contributed by atoms with Crippen LogP contribution in [0, 0.1) is 0 Å². The van der Waals surface area contributed by atoms with Crippen molar-refractivity contribution in [1.29, 1.82) is 0 Å². The van der Waals surface area contributed by atoms with Crippen LogP contribution in [-0.2, 0) is 14.3 Å². The lowest BCUT2D eigenvalue weighted by molar-refractivity contribution is -0.283. The highest BCUT2D eigenvalue weighted by Gasteiger charge is 2.64. The van der Waals surface area contributed by atoms with Crippen LogP contribution >= 0.6 is 0 Å². The number of nitrogens with zero attached hydrogens (tertiary/aromatic N) is 3. The van der Waals surface area contributed by atoms with E-state index in [4.69, 9.17) is 9.84 Å². The number of alkyl halides is 2. The van der Waals surface area contributed by atoms with Crippen molar-refractivity contribution in [1.82, 2.24) is 20.3 Å². The molecule has 174 valence electrons. The molecule has 0 aliphatic carbocycles. The maximum absolute atomic E-state index is 15.4. The predicted octanol–water partition coefficient (Wildman–Crippen LogP) is -0.808. The zero-order valence-electron chi connectivity index (χ0n) is 16.7. The number of halogens is 2. The SMILES string of the molecule is CC(=O)N[C@H]1[C@H]([C@H](O)[C@H](O)CO)OC(F)(C(=O)O)C(F)[C@@H]1n1cc(-c2ccccc2)nn1. The number of amides is 1. The smallest absolute Gasteiger partial charge is 0.372 e. The first-order valence-electron chi connectivity index (χ1n) is 9.55. The van der Waals surface area contributed by atoms with Crippen molar-refractivity contribution in [2.75, 3.05) is 6.61 Å². The molecule has 32 heavy (non-hydrogen) atoms. The van der Waals surface area contributed by atoms with Gasteiger partial charge in [-0.15, -0.1) is 5.10 Å². The summed E-state index contributed by atoms with van der Waals surface area (Å²) in [6.07, 6.45) is -7.64. The van der Waals surface area contributed by atoms with Crippen LogP contribution in [0.15, 0.2) is 36.5 Å². The number of aliphatic hydroxyl groups is 3. The van der Waals surface area contributed by atoms with Gasteiger partial charge >= 0.3 is 11.8 Å². The van der Waals surface area contributed by atoms with Crippen LogP contribution < -0.4 is 5.32 Å². The molecule has 1 saturated heterocycles. The maximum Gasteiger partial charge on any atom is 0.372 e. The highest BCUT2D eigenvalue weighted by atomic mass is 19.2. The maximum atomic E-state index is 15.4. The van der Waals surface area contributed by atoms with Crippen molar-refractivity contribution in [2.45, 2.75) is 49.3 Å². The number of aromatic nitrogens is 3. The molecule has 13 heteroatoms. The zero-order chi connectivity index (χ0) is 23.6. The fourth-order valence-electron chi connectivity index (χ4n) is 3.57. The van der Waals surface area contributed by atoms with Crippen molar-refractivity contribution in [3.05, 3.63) is 36.5 Å². The number of ether oxygens (including phenoxy) is 1. The highest BCUT2D eigenvalue weighted by molar-refractivity contribution is 5.77. The Bertz CT molecular complexity index is 962. The number of benzene rings is 1. The molecule has 3 rings (SSSR count). The lowest BCUT2D eigenvalue weighted by atomic mass is 9.86. The van der Waals surface area contributed by atoms with Gasteiger partial charge in [0.05, 0.1) is 18.8 Å². The minimum Gasteiger partial charge on any atom is -0.477 e. The predicted molar refractivity (Wildman–Crippen MR) is 102 cm³/mol. The number of aliphatic carboxylic acids is 1. The molecule has 2 heterocycles. The van der Waals surface area contributed by atoms with Crippen LogP contribution in [0.1, 0.15) is 13.0 Å². The Morgan fingerprint density at radius 1 is 1.31 bits per heavy atom. The number of hydrogen-bond donors (Lipinski definition) is 5. The molecule has 1 aromatic heterocycles. The van der Waals surface area contributed by atoms with Crippen LogP contribution in [0.25, 0.3) is 11.3 Å². The van der Waals surface area contributed by atoms with Crippen LogP contribution in [0.3, 0.4) is 0 Å². The molecule has 5 N–H and O–H groups in total. The summed E-state index contributed by atoms with van der Waals surface area (Å²) < 4.78 is 36.1. The van der Waals surface area contributed by atoms with E-state index >= 15 is 8.78 Å². The first kappa shape index (κ1) is 23.7. The molecule has 2 unspecified atom stereocenters. The van der Waals surface area contributed by atoms with Crippen molar-refractivity contribution in [3.63, 3.8) is 0 Å². The van der Waals surface area contributed by atoms with E-state index in [2.05, 4.69) is 15.6 Å². The largest absolute Gasteiger partial charge is 0.477 e. The number of rotatable bonds is 7. The Morgan fingerprint density at radius 2 is 1.97 bits per heavy atom. The second-order valence-corrected chi connectivity index (χ2v) is 7.34. The van der Waals surface area contributed by atoms with Gasteiger partial charge in [-0.25, -0.2) is 13.9 Å². The van der Waals surface area contributed by atoms with Crippen molar-refractivity contribution < 1.29 is 43.5 Å². The number of hydrogen-bond acceptors (Lipinski definition) is 8. The van der Waals surface area contributed by atoms with Crippen molar-refractivity contribution in [3.8, 4) is 11.3 Å². The summed E-state index contributed by atoms with van der Waals surface area (Å²) in [5.74, 6) is -7.02. The molecule has 0 spiro atoms. The number of carbonyl (C=O) groups is 2. The highest BCUT2D eigenvalue weighted by Crippen LogP contribution is 2.41. The molecule has 1 aromatic carbocycles. The summed E-state index contributed by atoms with van der Waals surface area (Å²) in [5, 5.41) is 48.6. The molecule has 0 saturated carbocycles. The summed E-state index contributed by atoms with van der Waals surface area (Å²) >= 11 is 0. The van der Waals surface area contributed by atoms with Gasteiger partial charge in [0.25, 0.3) is 0 Å². The van der Waals surface area contributed by atoms with Gasteiger partial charge in [-0.2, -0.15) is 4.39 Å². The Hall–Kier alpha value is -3.00. The van der Waals surface area contributed by atoms with Gasteiger partial charge in [0.15, 0.2) is 6.17 Å². The van der Waals surface area contributed by atoms with E-state index < -0.39 is 60.9 Å². The van der Waals surface area contributed by atoms with E-state index in [1.54, 1.807) is 30.3 Å². The third-order valence-corrected chi connectivity index (χ3v) is 5.15. The van der Waals surface area contributed by atoms with Crippen molar-refractivity contribution >= 4 is 11.9 Å². The first-order valence-corrected chi connectivity index (χ1v) is 9.55. The molecule has 1 aliphatic heterocycles. The lowest BCUT2D eigenvalue weighted by Crippen LogP contribution is -2.69. The number of carboxylic acids is 1. The zero-order valence-corrected chi connectivity index (χ0v) is 16.7. The molecular weight excluding hydrogens is 434 g/mol. The summed E-state index contributed by atoms with van der Waals surface area (Å²) in [6.45, 7) is 0.0623. The van der Waals surface area contributed by atoms with Gasteiger partial charge in [-0.1, -0.05) is 35.5 Å². The summed E-state index contributed by atoms with van der Waals surface area (Å²) in [7, 11) is 0. The Kier molecular flexibility index (Phi) is 6.83. The van der Waals surface area contributed by atoms with Crippen LogP contribution in [0.5, 0.6) is 0 Å². The van der Waals surface area contributed by atoms with E-state index in [0.717, 1.165) is 11.6 Å². The van der Waals surface area contributed by atoms with E-state index in [1.165, 1.54) is 6.20 Å². The quantitative estimate of drug-likeness (QED) is 0.358. The Morgan fingerprint density at radius 3 is 2.53 bits per heavy atom. The summed E-state index contributed by atoms with van der Waals surface area (Å²) in [5.41, 5.74) is 0.826. The number of nitrogens with one attached hydrogen (secondary N) is 1. The second kappa shape index (κ2) is 9.24. The van der Waals surface area contributed by atoms with E-state index in [9.17, 15) is 24.9 Å². The monoisotopic (exact) mass is 456 g/mol. The average molecular weight is 456 g/mol. The summed E-state index contributed by atoms with van der Waals surface area (Å²) in [6, 6.07) is 5.09. The topological polar surface area (TPSA) is 167 Å². The molecule has 0 bridgehead atoms. The Labute approximate surface area is 180 Å². The van der Waals surface area contributed by atoms with E-state index in [1.807, 2.05) is 0 Å². The summed E-state index contributed by atoms with van der Waals surface area (Å²) in [4.78, 5) is 23.3. The number of carbonyl (C=O) groups excluding carboxylic acids is 1. The molecule has 11 nitrogen and oxygen atoms in total. The molecule has 2 aromatic rings. The number of carboxylic acid groups (broad SMARTS) is 1. The van der Waals surface area contributed by atoms with Gasteiger partial charge in [0, 0.05) is 12.5 Å². The van der Waals surface area contributed by atoms with Gasteiger partial charge in [-0.05, 0) is 0 Å². The van der Waals surface area contributed by atoms with E-state index in [-0.39, 0.29) is 5.69 Å². The van der Waals surface area contributed by atoms with Gasteiger partial charge in [0.2, 0.25) is 5.91 Å².